The molecule has 6 aromatic rings. The second-order valence-electron chi connectivity index (χ2n) is 10.4. The Morgan fingerprint density at radius 2 is 0.976 bits per heavy atom. The van der Waals surface area contributed by atoms with Crippen molar-refractivity contribution in [2.24, 2.45) is 0 Å². The molecule has 1 atom stereocenters. The predicted molar refractivity (Wildman–Crippen MR) is 173 cm³/mol. The number of nitrogens with one attached hydrogen (secondary N) is 1. The largest absolute Gasteiger partial charge is 0.374 e. The van der Waals surface area contributed by atoms with Gasteiger partial charge in [-0.15, -0.1) is 0 Å². The highest BCUT2D eigenvalue weighted by Gasteiger charge is 2.19. The molecule has 0 radical (unpaired) electrons. The van der Waals surface area contributed by atoms with E-state index in [4.69, 9.17) is 9.97 Å². The fourth-order valence-electron chi connectivity index (χ4n) is 5.36. The number of aromatic nitrogens is 2. The number of allylic oxidation sites excluding steroid dienone is 2. The van der Waals surface area contributed by atoms with Crippen molar-refractivity contribution in [3.05, 3.63) is 181 Å². The molecule has 0 fully saturated rings. The molecule has 7 rings (SSSR count). The van der Waals surface area contributed by atoms with Crippen molar-refractivity contribution in [1.82, 2.24) is 15.3 Å². The average molecular weight is 540 g/mol. The molecule has 0 bridgehead atoms. The number of nitrogens with zero attached hydrogens (tertiary/aromatic N) is 2. The second-order valence-corrected chi connectivity index (χ2v) is 10.4. The first kappa shape index (κ1) is 25.4. The van der Waals surface area contributed by atoms with E-state index >= 15 is 0 Å². The second kappa shape index (κ2) is 11.5. The molecule has 0 saturated carbocycles. The van der Waals surface area contributed by atoms with Crippen LogP contribution in [-0.2, 0) is 0 Å². The Morgan fingerprint density at radius 1 is 0.452 bits per heavy atom. The van der Waals surface area contributed by atoms with Crippen molar-refractivity contribution in [3.8, 4) is 33.9 Å². The molecule has 0 amide bonds. The van der Waals surface area contributed by atoms with Crippen LogP contribution in [0.4, 0.5) is 0 Å². The van der Waals surface area contributed by atoms with E-state index in [1.807, 2.05) is 36.4 Å². The summed E-state index contributed by atoms with van der Waals surface area (Å²) in [7, 11) is 0. The van der Waals surface area contributed by atoms with Gasteiger partial charge in [-0.05, 0) is 46.5 Å². The molecule has 1 aliphatic heterocycles. The molecule has 1 aliphatic rings. The smallest absolute Gasteiger partial charge is 0.160 e. The number of dihydropyridines is 1. The Hall–Kier alpha value is -5.54. The van der Waals surface area contributed by atoms with Crippen LogP contribution in [0, 0.1) is 0 Å². The van der Waals surface area contributed by atoms with Crippen molar-refractivity contribution in [3.63, 3.8) is 0 Å². The first-order valence-electron chi connectivity index (χ1n) is 14.2. The highest BCUT2D eigenvalue weighted by Crippen LogP contribution is 2.34. The summed E-state index contributed by atoms with van der Waals surface area (Å²) >= 11 is 0. The number of benzene rings is 5. The third-order valence-corrected chi connectivity index (χ3v) is 7.52. The summed E-state index contributed by atoms with van der Waals surface area (Å²) < 4.78 is 0. The van der Waals surface area contributed by atoms with Crippen LogP contribution in [0.3, 0.4) is 0 Å². The van der Waals surface area contributed by atoms with Crippen LogP contribution in [0.15, 0.2) is 164 Å². The summed E-state index contributed by atoms with van der Waals surface area (Å²) in [5, 5.41) is 3.75. The van der Waals surface area contributed by atoms with E-state index in [1.54, 1.807) is 0 Å². The molecule has 3 heteroatoms. The summed E-state index contributed by atoms with van der Waals surface area (Å²) in [6.07, 6.45) is 4.56. The van der Waals surface area contributed by atoms with Crippen LogP contribution in [0.5, 0.6) is 0 Å². The van der Waals surface area contributed by atoms with E-state index in [2.05, 4.69) is 133 Å². The van der Waals surface area contributed by atoms with E-state index in [1.165, 1.54) is 11.1 Å². The van der Waals surface area contributed by atoms with E-state index in [0.29, 0.717) is 5.82 Å². The SMILES string of the molecule is C1=C(c2cccc(-c3cc(-c4ccccc4)nc(-c4ccccc4)n3)c2)C=C(c2ccccc2)NC1c1ccccc1. The quantitative estimate of drug-likeness (QED) is 0.229. The van der Waals surface area contributed by atoms with Gasteiger partial charge >= 0.3 is 0 Å². The van der Waals surface area contributed by atoms with Gasteiger partial charge in [0.25, 0.3) is 0 Å². The maximum absolute atomic E-state index is 5.05. The third kappa shape index (κ3) is 5.41. The summed E-state index contributed by atoms with van der Waals surface area (Å²) in [6.45, 7) is 0. The number of hydrogen-bond acceptors (Lipinski definition) is 3. The maximum Gasteiger partial charge on any atom is 0.160 e. The summed E-state index contributed by atoms with van der Waals surface area (Å²) in [4.78, 5) is 10.0. The Labute approximate surface area is 246 Å². The fourth-order valence-corrected chi connectivity index (χ4v) is 5.36. The fraction of sp³-hybridized carbons (Fsp3) is 0.0256. The van der Waals surface area contributed by atoms with Crippen LogP contribution in [0.1, 0.15) is 22.7 Å². The lowest BCUT2D eigenvalue weighted by Gasteiger charge is -2.26. The zero-order chi connectivity index (χ0) is 28.1. The maximum atomic E-state index is 5.05. The zero-order valence-electron chi connectivity index (χ0n) is 23.1. The van der Waals surface area contributed by atoms with Crippen molar-refractivity contribution >= 4 is 11.3 Å². The predicted octanol–water partition coefficient (Wildman–Crippen LogP) is 9.25. The van der Waals surface area contributed by atoms with Crippen LogP contribution < -0.4 is 5.32 Å². The monoisotopic (exact) mass is 539 g/mol. The van der Waals surface area contributed by atoms with Gasteiger partial charge in [0.15, 0.2) is 5.82 Å². The minimum atomic E-state index is 0.0541. The van der Waals surface area contributed by atoms with Gasteiger partial charge in [-0.2, -0.15) is 0 Å². The van der Waals surface area contributed by atoms with Gasteiger partial charge < -0.3 is 5.32 Å². The van der Waals surface area contributed by atoms with Crippen LogP contribution in [0.25, 0.3) is 45.2 Å². The van der Waals surface area contributed by atoms with E-state index < -0.39 is 0 Å². The third-order valence-electron chi connectivity index (χ3n) is 7.52. The molecule has 42 heavy (non-hydrogen) atoms. The van der Waals surface area contributed by atoms with Gasteiger partial charge in [0, 0.05) is 22.4 Å². The number of hydrogen-bond donors (Lipinski definition) is 1. The van der Waals surface area contributed by atoms with Crippen LogP contribution >= 0.6 is 0 Å². The molecule has 2 heterocycles. The lowest BCUT2D eigenvalue weighted by molar-refractivity contribution is 0.767. The molecule has 0 aliphatic carbocycles. The van der Waals surface area contributed by atoms with Crippen LogP contribution in [0.2, 0.25) is 0 Å². The van der Waals surface area contributed by atoms with Gasteiger partial charge in [-0.1, -0.05) is 140 Å². The van der Waals surface area contributed by atoms with E-state index in [-0.39, 0.29) is 6.04 Å². The van der Waals surface area contributed by atoms with Crippen LogP contribution in [-0.4, -0.2) is 9.97 Å². The lowest BCUT2D eigenvalue weighted by atomic mass is 9.92. The van der Waals surface area contributed by atoms with Crippen molar-refractivity contribution in [2.75, 3.05) is 0 Å². The van der Waals surface area contributed by atoms with Gasteiger partial charge in [-0.3, -0.25) is 0 Å². The van der Waals surface area contributed by atoms with Gasteiger partial charge in [0.1, 0.15) is 0 Å². The molecular weight excluding hydrogens is 510 g/mol. The minimum Gasteiger partial charge on any atom is -0.374 e. The van der Waals surface area contributed by atoms with E-state index in [0.717, 1.165) is 44.9 Å². The Kier molecular flexibility index (Phi) is 6.97. The molecule has 200 valence electrons. The molecule has 1 aromatic heterocycles. The Bertz CT molecular complexity index is 1820. The summed E-state index contributed by atoms with van der Waals surface area (Å²) in [5.41, 5.74) is 10.7. The first-order chi connectivity index (χ1) is 20.8. The summed E-state index contributed by atoms with van der Waals surface area (Å²) in [5.74, 6) is 0.717. The molecule has 5 aromatic carbocycles. The number of rotatable bonds is 6. The first-order valence-corrected chi connectivity index (χ1v) is 14.2. The summed E-state index contributed by atoms with van der Waals surface area (Å²) in [6, 6.07) is 52.4. The van der Waals surface area contributed by atoms with Gasteiger partial charge in [-0.25, -0.2) is 9.97 Å². The molecule has 1 N–H and O–H groups in total. The minimum absolute atomic E-state index is 0.0541. The topological polar surface area (TPSA) is 37.8 Å². The Morgan fingerprint density at radius 3 is 1.64 bits per heavy atom. The molecule has 1 unspecified atom stereocenters. The molecule has 0 saturated heterocycles. The standard InChI is InChI=1S/C39H29N3/c1-5-14-28(15-6-1)35-25-34(26-36(40-35)29-16-7-2-8-17-29)32-22-13-23-33(24-32)38-27-37(30-18-9-3-10-19-30)41-39(42-38)31-20-11-4-12-21-31/h1-27,35,40H. The highest BCUT2D eigenvalue weighted by atomic mass is 14.9. The molecule has 3 nitrogen and oxygen atoms in total. The van der Waals surface area contributed by atoms with Gasteiger partial charge in [0.2, 0.25) is 0 Å². The lowest BCUT2D eigenvalue weighted by Crippen LogP contribution is -2.21. The molecule has 0 spiro atoms. The highest BCUT2D eigenvalue weighted by molar-refractivity contribution is 5.87. The average Bonchev–Trinajstić information content (AvgIpc) is 3.09. The van der Waals surface area contributed by atoms with Crippen molar-refractivity contribution in [1.29, 1.82) is 0 Å². The van der Waals surface area contributed by atoms with E-state index in [9.17, 15) is 0 Å². The van der Waals surface area contributed by atoms with Crippen molar-refractivity contribution < 1.29 is 0 Å². The van der Waals surface area contributed by atoms with Gasteiger partial charge in [0.05, 0.1) is 17.4 Å². The zero-order valence-corrected chi connectivity index (χ0v) is 23.1. The van der Waals surface area contributed by atoms with Crippen molar-refractivity contribution in [2.45, 2.75) is 6.04 Å². The Balaban J connectivity index is 1.34. The molecular formula is C39H29N3. The normalized spacial score (nSPS) is 14.4.